The third kappa shape index (κ3) is 5.03. The van der Waals surface area contributed by atoms with Gasteiger partial charge in [-0.3, -0.25) is 0 Å². The fourth-order valence-electron chi connectivity index (χ4n) is 2.49. The van der Waals surface area contributed by atoms with E-state index in [0.717, 1.165) is 31.8 Å². The molecular weight excluding hydrogens is 284 g/mol. The van der Waals surface area contributed by atoms with Gasteiger partial charge in [0, 0.05) is 19.6 Å². The molecule has 2 heterocycles. The Labute approximate surface area is 131 Å². The summed E-state index contributed by atoms with van der Waals surface area (Å²) in [5.74, 6) is 1.82. The highest BCUT2D eigenvalue weighted by atomic mass is 16.6. The second-order valence-corrected chi connectivity index (χ2v) is 6.74. The molecule has 0 aliphatic carbocycles. The van der Waals surface area contributed by atoms with Gasteiger partial charge in [-0.15, -0.1) is 0 Å². The largest absolute Gasteiger partial charge is 0.462 e. The van der Waals surface area contributed by atoms with E-state index < -0.39 is 5.60 Å². The Hall–Kier alpha value is -1.53. The summed E-state index contributed by atoms with van der Waals surface area (Å²) in [5.41, 5.74) is -0.447. The van der Waals surface area contributed by atoms with Crippen molar-refractivity contribution in [2.75, 3.05) is 19.6 Å². The Morgan fingerprint density at radius 3 is 2.82 bits per heavy atom. The molecule has 0 saturated carbocycles. The molecule has 1 fully saturated rings. The lowest BCUT2D eigenvalue weighted by molar-refractivity contribution is 0.0288. The SMILES string of the molecule is CC(C)(C)OC(=O)N1CCC(CNCc2ccc(CO)o2)C1. The Morgan fingerprint density at radius 2 is 2.18 bits per heavy atom. The summed E-state index contributed by atoms with van der Waals surface area (Å²) in [7, 11) is 0. The zero-order valence-electron chi connectivity index (χ0n) is 13.6. The van der Waals surface area contributed by atoms with Crippen LogP contribution >= 0.6 is 0 Å². The number of aliphatic hydroxyl groups excluding tert-OH is 1. The number of carbonyl (C=O) groups is 1. The van der Waals surface area contributed by atoms with Crippen molar-refractivity contribution < 1.29 is 19.1 Å². The summed E-state index contributed by atoms with van der Waals surface area (Å²) in [6, 6.07) is 3.64. The maximum absolute atomic E-state index is 12.0. The predicted molar refractivity (Wildman–Crippen MR) is 82.3 cm³/mol. The van der Waals surface area contributed by atoms with Crippen LogP contribution in [-0.2, 0) is 17.9 Å². The van der Waals surface area contributed by atoms with Crippen LogP contribution < -0.4 is 5.32 Å². The molecule has 1 amide bonds. The number of nitrogens with one attached hydrogen (secondary N) is 1. The second kappa shape index (κ2) is 7.15. The molecule has 6 nitrogen and oxygen atoms in total. The monoisotopic (exact) mass is 310 g/mol. The molecule has 124 valence electrons. The highest BCUT2D eigenvalue weighted by Gasteiger charge is 2.29. The molecule has 6 heteroatoms. The maximum Gasteiger partial charge on any atom is 0.410 e. The smallest absolute Gasteiger partial charge is 0.410 e. The number of likely N-dealkylation sites (tertiary alicyclic amines) is 1. The van der Waals surface area contributed by atoms with E-state index in [1.165, 1.54) is 0 Å². The van der Waals surface area contributed by atoms with Crippen LogP contribution in [-0.4, -0.2) is 41.3 Å². The minimum atomic E-state index is -0.447. The number of aliphatic hydroxyl groups is 1. The molecule has 1 atom stereocenters. The lowest BCUT2D eigenvalue weighted by Crippen LogP contribution is -2.36. The van der Waals surface area contributed by atoms with Crippen molar-refractivity contribution >= 4 is 6.09 Å². The third-order valence-corrected chi connectivity index (χ3v) is 3.54. The van der Waals surface area contributed by atoms with Gasteiger partial charge in [-0.05, 0) is 45.2 Å². The Kier molecular flexibility index (Phi) is 5.47. The van der Waals surface area contributed by atoms with Crippen LogP contribution in [0.3, 0.4) is 0 Å². The topological polar surface area (TPSA) is 74.9 Å². The van der Waals surface area contributed by atoms with E-state index >= 15 is 0 Å². The van der Waals surface area contributed by atoms with Gasteiger partial charge in [-0.25, -0.2) is 4.79 Å². The van der Waals surface area contributed by atoms with E-state index in [2.05, 4.69) is 5.32 Å². The summed E-state index contributed by atoms with van der Waals surface area (Å²) in [4.78, 5) is 13.8. The van der Waals surface area contributed by atoms with Crippen molar-refractivity contribution in [2.24, 2.45) is 5.92 Å². The van der Waals surface area contributed by atoms with Gasteiger partial charge >= 0.3 is 6.09 Å². The Bertz CT molecular complexity index is 493. The molecule has 1 unspecified atom stereocenters. The molecule has 0 aromatic carbocycles. The minimum absolute atomic E-state index is 0.0759. The standard InChI is InChI=1S/C16H26N2O4/c1-16(2,3)22-15(20)18-7-6-12(10-18)8-17-9-13-4-5-14(11-19)21-13/h4-5,12,17,19H,6-11H2,1-3H3. The van der Waals surface area contributed by atoms with E-state index in [9.17, 15) is 4.79 Å². The number of ether oxygens (including phenoxy) is 1. The summed E-state index contributed by atoms with van der Waals surface area (Å²) < 4.78 is 10.8. The quantitative estimate of drug-likeness (QED) is 0.871. The third-order valence-electron chi connectivity index (χ3n) is 3.54. The van der Waals surface area contributed by atoms with Crippen LogP contribution in [0, 0.1) is 5.92 Å². The lowest BCUT2D eigenvalue weighted by Gasteiger charge is -2.24. The molecule has 1 aliphatic rings. The van der Waals surface area contributed by atoms with Crippen LogP contribution in [0.1, 0.15) is 38.7 Å². The van der Waals surface area contributed by atoms with E-state index in [-0.39, 0.29) is 12.7 Å². The molecule has 2 rings (SSSR count). The minimum Gasteiger partial charge on any atom is -0.462 e. The number of hydrogen-bond acceptors (Lipinski definition) is 5. The molecule has 1 aromatic heterocycles. The van der Waals surface area contributed by atoms with Crippen LogP contribution in [0.5, 0.6) is 0 Å². The molecule has 2 N–H and O–H groups in total. The van der Waals surface area contributed by atoms with Gasteiger partial charge in [0.1, 0.15) is 23.7 Å². The van der Waals surface area contributed by atoms with Crippen molar-refractivity contribution in [3.63, 3.8) is 0 Å². The van der Waals surface area contributed by atoms with E-state index in [4.69, 9.17) is 14.3 Å². The van der Waals surface area contributed by atoms with E-state index in [1.807, 2.05) is 26.8 Å². The van der Waals surface area contributed by atoms with Crippen LogP contribution in [0.15, 0.2) is 16.5 Å². The fourth-order valence-corrected chi connectivity index (χ4v) is 2.49. The average molecular weight is 310 g/mol. The van der Waals surface area contributed by atoms with Gasteiger partial charge in [-0.1, -0.05) is 0 Å². The number of amides is 1. The van der Waals surface area contributed by atoms with Crippen molar-refractivity contribution in [3.8, 4) is 0 Å². The number of nitrogens with zero attached hydrogens (tertiary/aromatic N) is 1. The van der Waals surface area contributed by atoms with Crippen LogP contribution in [0.2, 0.25) is 0 Å². The summed E-state index contributed by atoms with van der Waals surface area (Å²) in [5, 5.41) is 12.3. The van der Waals surface area contributed by atoms with Gasteiger partial charge in [0.15, 0.2) is 0 Å². The van der Waals surface area contributed by atoms with Crippen molar-refractivity contribution in [2.45, 2.75) is 45.9 Å². The zero-order valence-corrected chi connectivity index (χ0v) is 13.6. The van der Waals surface area contributed by atoms with E-state index in [1.54, 1.807) is 11.0 Å². The molecule has 1 saturated heterocycles. The number of hydrogen-bond donors (Lipinski definition) is 2. The van der Waals surface area contributed by atoms with Crippen molar-refractivity contribution in [3.05, 3.63) is 23.7 Å². The van der Waals surface area contributed by atoms with Crippen LogP contribution in [0.25, 0.3) is 0 Å². The molecule has 0 spiro atoms. The molecule has 1 aromatic rings. The number of carbonyl (C=O) groups excluding carboxylic acids is 1. The van der Waals surface area contributed by atoms with E-state index in [0.29, 0.717) is 18.2 Å². The van der Waals surface area contributed by atoms with Gasteiger partial charge < -0.3 is 24.5 Å². The lowest BCUT2D eigenvalue weighted by atomic mass is 10.1. The van der Waals surface area contributed by atoms with Gasteiger partial charge in [0.2, 0.25) is 0 Å². The first-order chi connectivity index (χ1) is 10.4. The normalized spacial score (nSPS) is 18.7. The summed E-state index contributed by atoms with van der Waals surface area (Å²) >= 11 is 0. The van der Waals surface area contributed by atoms with Gasteiger partial charge in [0.05, 0.1) is 6.54 Å². The van der Waals surface area contributed by atoms with Gasteiger partial charge in [-0.2, -0.15) is 0 Å². The second-order valence-electron chi connectivity index (χ2n) is 6.74. The molecule has 1 aliphatic heterocycles. The molecule has 0 radical (unpaired) electrons. The fraction of sp³-hybridized carbons (Fsp3) is 0.688. The Balaban J connectivity index is 1.69. The molecule has 22 heavy (non-hydrogen) atoms. The highest BCUT2D eigenvalue weighted by molar-refractivity contribution is 5.68. The number of furan rings is 1. The van der Waals surface area contributed by atoms with Crippen molar-refractivity contribution in [1.82, 2.24) is 10.2 Å². The number of rotatable bonds is 5. The maximum atomic E-state index is 12.0. The predicted octanol–water partition coefficient (Wildman–Crippen LogP) is 2.12. The Morgan fingerprint density at radius 1 is 1.45 bits per heavy atom. The summed E-state index contributed by atoms with van der Waals surface area (Å²) in [6.45, 7) is 8.49. The van der Waals surface area contributed by atoms with Gasteiger partial charge in [0.25, 0.3) is 0 Å². The molecular formula is C16H26N2O4. The highest BCUT2D eigenvalue weighted by Crippen LogP contribution is 2.19. The first-order valence-corrected chi connectivity index (χ1v) is 7.74. The zero-order chi connectivity index (χ0) is 16.2. The van der Waals surface area contributed by atoms with Crippen molar-refractivity contribution in [1.29, 1.82) is 0 Å². The first kappa shape index (κ1) is 16.8. The molecule has 0 bridgehead atoms. The summed E-state index contributed by atoms with van der Waals surface area (Å²) in [6.07, 6.45) is 0.750. The average Bonchev–Trinajstić information content (AvgIpc) is 3.05. The first-order valence-electron chi connectivity index (χ1n) is 7.74. The van der Waals surface area contributed by atoms with Crippen LogP contribution in [0.4, 0.5) is 4.79 Å².